The molecule has 5 rings (SSSR count). The van der Waals surface area contributed by atoms with E-state index in [2.05, 4.69) is 4.98 Å². The van der Waals surface area contributed by atoms with Crippen LogP contribution in [0.4, 0.5) is 5.82 Å². The molecule has 0 amide bonds. The third kappa shape index (κ3) is 7.13. The van der Waals surface area contributed by atoms with E-state index in [1.54, 1.807) is 46.0 Å². The molecule has 0 saturated carbocycles. The van der Waals surface area contributed by atoms with Crippen molar-refractivity contribution in [2.45, 2.75) is 64.1 Å². The number of nitrogens with zero attached hydrogens (tertiary/aromatic N) is 2. The molecule has 0 spiro atoms. The highest BCUT2D eigenvalue weighted by Crippen LogP contribution is 2.60. The molecule has 0 radical (unpaired) electrons. The van der Waals surface area contributed by atoms with Crippen LogP contribution in [-0.2, 0) is 28.7 Å². The molecule has 45 heavy (non-hydrogen) atoms. The highest BCUT2D eigenvalue weighted by atomic mass is 31.2. The second kappa shape index (κ2) is 14.0. The van der Waals surface area contributed by atoms with Gasteiger partial charge in [0.05, 0.1) is 24.9 Å². The molecule has 2 atom stereocenters. The normalized spacial score (nSPS) is 17.2. The summed E-state index contributed by atoms with van der Waals surface area (Å²) in [6.07, 6.45) is 1.99. The molecule has 0 fully saturated rings. The van der Waals surface area contributed by atoms with Crippen molar-refractivity contribution in [3.05, 3.63) is 142 Å². The maximum Gasteiger partial charge on any atom is 0.395 e. The fraction of sp³-hybridized carbons (Fsp3) is 0.314. The zero-order chi connectivity index (χ0) is 32.0. The van der Waals surface area contributed by atoms with E-state index in [1.807, 2.05) is 91.0 Å². The van der Waals surface area contributed by atoms with E-state index < -0.39 is 43.2 Å². The molecule has 236 valence electrons. The first-order valence-electron chi connectivity index (χ1n) is 15.1. The summed E-state index contributed by atoms with van der Waals surface area (Å²) in [5, 5.41) is 0. The standard InChI is InChI=1S/C35H40N3O6P/c1-25(2)43-45(40,44-26(3)4)33-21-20-30(38-23-22-32(36)37-34(38)39)31(42-33)24-41-35(27-14-8-5-9-15-27,28-16-10-6-11-17-28)29-18-12-7-13-19-29/h5-19,21-23,25-26,30-31H,20,24H2,1-4H3,(H2,36,37,39)/t30-,31-/m0/s1. The number of rotatable bonds is 12. The average Bonchev–Trinajstić information content (AvgIpc) is 3.02. The number of benzene rings is 3. The Morgan fingerprint density at radius 2 is 1.36 bits per heavy atom. The first-order valence-corrected chi connectivity index (χ1v) is 16.7. The van der Waals surface area contributed by atoms with E-state index in [0.717, 1.165) is 16.7 Å². The molecule has 3 aromatic carbocycles. The van der Waals surface area contributed by atoms with E-state index in [0.29, 0.717) is 0 Å². The van der Waals surface area contributed by atoms with Gasteiger partial charge in [-0.05, 0) is 62.9 Å². The van der Waals surface area contributed by atoms with Gasteiger partial charge in [-0.15, -0.1) is 0 Å². The SMILES string of the molecule is CC(C)OP(=O)(OC(C)C)C1=CC[C@H](n2ccc(N)nc2=O)[C@H](COC(c2ccccc2)(c2ccccc2)c2ccccc2)O1. The second-order valence-electron chi connectivity index (χ2n) is 11.4. The lowest BCUT2D eigenvalue weighted by Crippen LogP contribution is -2.42. The number of allylic oxidation sites excluding steroid dienone is 1. The smallest absolute Gasteiger partial charge is 0.395 e. The number of aromatic nitrogens is 2. The molecular weight excluding hydrogens is 589 g/mol. The molecule has 1 aromatic heterocycles. The number of ether oxygens (including phenoxy) is 2. The van der Waals surface area contributed by atoms with Crippen LogP contribution in [0.15, 0.2) is 120 Å². The Kier molecular flexibility index (Phi) is 10.0. The Hall–Kier alpha value is -4.01. The summed E-state index contributed by atoms with van der Waals surface area (Å²) < 4.78 is 41.0. The van der Waals surface area contributed by atoms with Gasteiger partial charge in [-0.2, -0.15) is 4.98 Å². The third-order valence-corrected chi connectivity index (χ3v) is 9.64. The van der Waals surface area contributed by atoms with Gasteiger partial charge in [0.2, 0.25) is 5.50 Å². The van der Waals surface area contributed by atoms with E-state index in [4.69, 9.17) is 24.3 Å². The molecule has 4 aromatic rings. The van der Waals surface area contributed by atoms with Gasteiger partial charge in [0.25, 0.3) is 0 Å². The topological polar surface area (TPSA) is 115 Å². The molecule has 1 aliphatic heterocycles. The summed E-state index contributed by atoms with van der Waals surface area (Å²) in [6.45, 7) is 7.15. The summed E-state index contributed by atoms with van der Waals surface area (Å²) in [5.41, 5.74) is 7.07. The largest absolute Gasteiger partial charge is 0.478 e. The third-order valence-electron chi connectivity index (χ3n) is 7.42. The van der Waals surface area contributed by atoms with Gasteiger partial charge >= 0.3 is 13.3 Å². The molecule has 0 unspecified atom stereocenters. The predicted molar refractivity (Wildman–Crippen MR) is 175 cm³/mol. The van der Waals surface area contributed by atoms with Gasteiger partial charge < -0.3 is 24.3 Å². The number of nitrogens with two attached hydrogens (primary N) is 1. The molecule has 0 bridgehead atoms. The Bertz CT molecular complexity index is 1580. The summed E-state index contributed by atoms with van der Waals surface area (Å²) in [4.78, 5) is 17.0. The number of hydrogen-bond acceptors (Lipinski definition) is 8. The van der Waals surface area contributed by atoms with Crippen molar-refractivity contribution in [1.82, 2.24) is 9.55 Å². The molecule has 10 heteroatoms. The van der Waals surface area contributed by atoms with Crippen LogP contribution < -0.4 is 11.4 Å². The van der Waals surface area contributed by atoms with Crippen molar-refractivity contribution < 1.29 is 23.1 Å². The molecular formula is C35H40N3O6P. The van der Waals surface area contributed by atoms with Gasteiger partial charge in [0.1, 0.15) is 17.5 Å². The van der Waals surface area contributed by atoms with Crippen molar-refractivity contribution in [3.63, 3.8) is 0 Å². The van der Waals surface area contributed by atoms with Crippen LogP contribution in [0.25, 0.3) is 0 Å². The minimum absolute atomic E-state index is 0.000856. The minimum Gasteiger partial charge on any atom is -0.478 e. The minimum atomic E-state index is -3.86. The molecule has 2 heterocycles. The quantitative estimate of drug-likeness (QED) is 0.131. The van der Waals surface area contributed by atoms with Crippen LogP contribution in [0.2, 0.25) is 0 Å². The molecule has 2 N–H and O–H groups in total. The number of anilines is 1. The van der Waals surface area contributed by atoms with Crippen LogP contribution >= 0.6 is 7.60 Å². The molecule has 0 saturated heterocycles. The fourth-order valence-electron chi connectivity index (χ4n) is 5.61. The van der Waals surface area contributed by atoms with Crippen LogP contribution in [0.3, 0.4) is 0 Å². The first kappa shape index (κ1) is 32.4. The number of nitrogen functional groups attached to an aromatic ring is 1. The lowest BCUT2D eigenvalue weighted by molar-refractivity contribution is -0.0673. The van der Waals surface area contributed by atoms with Crippen LogP contribution in [-0.4, -0.2) is 34.5 Å². The Morgan fingerprint density at radius 1 is 0.867 bits per heavy atom. The monoisotopic (exact) mass is 629 g/mol. The fourth-order valence-corrected chi connectivity index (χ4v) is 7.57. The summed E-state index contributed by atoms with van der Waals surface area (Å²) >= 11 is 0. The zero-order valence-corrected chi connectivity index (χ0v) is 26.9. The zero-order valence-electron chi connectivity index (χ0n) is 26.0. The second-order valence-corrected chi connectivity index (χ2v) is 13.3. The highest BCUT2D eigenvalue weighted by molar-refractivity contribution is 7.58. The van der Waals surface area contributed by atoms with Crippen LogP contribution in [0.1, 0.15) is 56.8 Å². The Balaban J connectivity index is 1.62. The van der Waals surface area contributed by atoms with Crippen LogP contribution in [0.5, 0.6) is 0 Å². The average molecular weight is 630 g/mol. The maximum atomic E-state index is 14.2. The lowest BCUT2D eigenvalue weighted by atomic mass is 9.80. The highest BCUT2D eigenvalue weighted by Gasteiger charge is 2.44. The molecule has 9 nitrogen and oxygen atoms in total. The van der Waals surface area contributed by atoms with Crippen molar-refractivity contribution in [3.8, 4) is 0 Å². The van der Waals surface area contributed by atoms with Crippen LogP contribution in [0, 0.1) is 0 Å². The van der Waals surface area contributed by atoms with Gasteiger partial charge in [0.15, 0.2) is 0 Å². The Morgan fingerprint density at radius 3 is 1.80 bits per heavy atom. The Labute approximate surface area is 264 Å². The van der Waals surface area contributed by atoms with E-state index in [1.165, 1.54) is 4.57 Å². The van der Waals surface area contributed by atoms with E-state index in [9.17, 15) is 9.36 Å². The summed E-state index contributed by atoms with van der Waals surface area (Å²) in [5.74, 6) is 0.119. The van der Waals surface area contributed by atoms with Crippen molar-refractivity contribution in [2.24, 2.45) is 0 Å². The lowest BCUT2D eigenvalue weighted by Gasteiger charge is -2.40. The van der Waals surface area contributed by atoms with Crippen molar-refractivity contribution in [1.29, 1.82) is 0 Å². The van der Waals surface area contributed by atoms with Gasteiger partial charge in [-0.25, -0.2) is 4.79 Å². The predicted octanol–water partition coefficient (Wildman–Crippen LogP) is 7.05. The summed E-state index contributed by atoms with van der Waals surface area (Å²) in [7, 11) is -3.86. The van der Waals surface area contributed by atoms with E-state index >= 15 is 0 Å². The van der Waals surface area contributed by atoms with Gasteiger partial charge in [0, 0.05) is 6.20 Å². The van der Waals surface area contributed by atoms with Crippen molar-refractivity contribution >= 4 is 13.4 Å². The van der Waals surface area contributed by atoms with Gasteiger partial charge in [-0.1, -0.05) is 91.0 Å². The van der Waals surface area contributed by atoms with Crippen molar-refractivity contribution in [2.75, 3.05) is 12.3 Å². The molecule has 0 aliphatic carbocycles. The molecule has 1 aliphatic rings. The summed E-state index contributed by atoms with van der Waals surface area (Å²) in [6, 6.07) is 30.9. The van der Waals surface area contributed by atoms with Gasteiger partial charge in [-0.3, -0.25) is 9.13 Å². The van der Waals surface area contributed by atoms with E-state index in [-0.39, 0.29) is 24.3 Å². The first-order chi connectivity index (χ1) is 21.6. The maximum absolute atomic E-state index is 14.2. The number of hydrogen-bond donors (Lipinski definition) is 1.